The van der Waals surface area contributed by atoms with Crippen LogP contribution in [0.3, 0.4) is 0 Å². The number of amidine groups is 2. The summed E-state index contributed by atoms with van der Waals surface area (Å²) in [6, 6.07) is 45.1. The molecule has 0 aliphatic carbocycles. The summed E-state index contributed by atoms with van der Waals surface area (Å²) in [6.45, 7) is 4.40. The highest BCUT2D eigenvalue weighted by atomic mass is 15.3. The molecule has 1 unspecified atom stereocenters. The molecule has 5 aromatic rings. The van der Waals surface area contributed by atoms with Gasteiger partial charge in [0, 0.05) is 18.2 Å². The molecule has 1 aliphatic heterocycles. The number of aliphatic imine (C=N–C) groups is 2. The summed E-state index contributed by atoms with van der Waals surface area (Å²) in [5, 5.41) is 0. The molecule has 1 atom stereocenters. The van der Waals surface area contributed by atoms with E-state index in [9.17, 15) is 0 Å². The maximum absolute atomic E-state index is 5.12. The molecule has 6 rings (SSSR count). The van der Waals surface area contributed by atoms with E-state index in [-0.39, 0.29) is 6.17 Å². The van der Waals surface area contributed by atoms with Gasteiger partial charge in [0.1, 0.15) is 12.0 Å². The summed E-state index contributed by atoms with van der Waals surface area (Å²) >= 11 is 0. The van der Waals surface area contributed by atoms with Crippen molar-refractivity contribution < 1.29 is 0 Å². The number of nitrogens with zero attached hydrogens (tertiary/aromatic N) is 3. The molecule has 0 N–H and O–H groups in total. The van der Waals surface area contributed by atoms with Gasteiger partial charge in [0.15, 0.2) is 5.84 Å². The lowest BCUT2D eigenvalue weighted by atomic mass is 9.94. The summed E-state index contributed by atoms with van der Waals surface area (Å²) < 4.78 is 0. The molecular weight excluding hydrogens is 498 g/mol. The van der Waals surface area contributed by atoms with Crippen molar-refractivity contribution in [1.29, 1.82) is 0 Å². The molecule has 0 radical (unpaired) electrons. The quantitative estimate of drug-likeness (QED) is 0.207. The molecule has 41 heavy (non-hydrogen) atoms. The van der Waals surface area contributed by atoms with Crippen molar-refractivity contribution in [2.45, 2.75) is 32.9 Å². The number of benzene rings is 5. The van der Waals surface area contributed by atoms with Gasteiger partial charge in [0.2, 0.25) is 0 Å². The highest BCUT2D eigenvalue weighted by Crippen LogP contribution is 2.28. The molecule has 1 heterocycles. The van der Waals surface area contributed by atoms with Crippen molar-refractivity contribution in [3.8, 4) is 0 Å². The Kier molecular flexibility index (Phi) is 7.60. The van der Waals surface area contributed by atoms with Crippen molar-refractivity contribution in [2.75, 3.05) is 7.05 Å². The van der Waals surface area contributed by atoms with Crippen LogP contribution in [-0.2, 0) is 12.8 Å². The van der Waals surface area contributed by atoms with Crippen LogP contribution in [0.2, 0.25) is 0 Å². The number of aryl methyl sites for hydroxylation is 2. The Morgan fingerprint density at radius 2 is 1.22 bits per heavy atom. The van der Waals surface area contributed by atoms with Gasteiger partial charge in [-0.1, -0.05) is 127 Å². The standard InChI is InChI=1S/C38H35N3/c1-27-12-10-11-17-34(27)26-35-25-30(19-18-28(35)2)24-29-20-22-31(23-21-29)36-39-37(32-13-6-4-7-14-32)41(3)38(40-36)33-15-8-5-9-16-33/h4-23,25,37H,24,26H2,1-3H3. The smallest absolute Gasteiger partial charge is 0.159 e. The Labute approximate surface area is 243 Å². The van der Waals surface area contributed by atoms with Gasteiger partial charge in [-0.2, -0.15) is 0 Å². The predicted molar refractivity (Wildman–Crippen MR) is 171 cm³/mol. The Bertz CT molecular complexity index is 1700. The van der Waals surface area contributed by atoms with E-state index in [2.05, 4.69) is 141 Å². The van der Waals surface area contributed by atoms with Gasteiger partial charge in [0.25, 0.3) is 0 Å². The average molecular weight is 534 g/mol. The van der Waals surface area contributed by atoms with Crippen molar-refractivity contribution in [3.05, 3.63) is 177 Å². The Balaban J connectivity index is 1.27. The molecule has 0 amide bonds. The molecule has 5 aromatic carbocycles. The molecule has 0 bridgehead atoms. The van der Waals surface area contributed by atoms with Crippen LogP contribution in [0.1, 0.15) is 56.2 Å². The Hall–Kier alpha value is -4.76. The first-order chi connectivity index (χ1) is 20.0. The van der Waals surface area contributed by atoms with Crippen molar-refractivity contribution >= 4 is 11.7 Å². The molecule has 0 saturated heterocycles. The second-order valence-electron chi connectivity index (χ2n) is 10.9. The van der Waals surface area contributed by atoms with Crippen molar-refractivity contribution in [2.24, 2.45) is 9.98 Å². The van der Waals surface area contributed by atoms with Crippen molar-refractivity contribution in [1.82, 2.24) is 4.90 Å². The van der Waals surface area contributed by atoms with Crippen LogP contribution in [0.15, 0.2) is 137 Å². The first-order valence-corrected chi connectivity index (χ1v) is 14.3. The second-order valence-corrected chi connectivity index (χ2v) is 10.9. The molecule has 0 saturated carbocycles. The van der Waals surface area contributed by atoms with Gasteiger partial charge in [-0.15, -0.1) is 0 Å². The highest BCUT2D eigenvalue weighted by molar-refractivity contribution is 6.12. The van der Waals surface area contributed by atoms with Gasteiger partial charge in [-0.25, -0.2) is 9.98 Å². The lowest BCUT2D eigenvalue weighted by Gasteiger charge is -2.32. The molecule has 0 fully saturated rings. The van der Waals surface area contributed by atoms with Crippen LogP contribution in [0, 0.1) is 13.8 Å². The van der Waals surface area contributed by atoms with Crippen molar-refractivity contribution in [3.63, 3.8) is 0 Å². The molecule has 1 aliphatic rings. The van der Waals surface area contributed by atoms with Crippen LogP contribution >= 0.6 is 0 Å². The van der Waals surface area contributed by atoms with Gasteiger partial charge >= 0.3 is 0 Å². The number of hydrogen-bond acceptors (Lipinski definition) is 3. The fraction of sp³-hybridized carbons (Fsp3) is 0.158. The molecule has 202 valence electrons. The van der Waals surface area contributed by atoms with E-state index in [0.717, 1.165) is 41.2 Å². The maximum Gasteiger partial charge on any atom is 0.159 e. The SMILES string of the molecule is Cc1ccccc1Cc1cc(Cc2ccc(C3=NC(c4ccccc4)N(C)C(c4ccccc4)=N3)cc2)ccc1C. The molecule has 3 nitrogen and oxygen atoms in total. The number of rotatable bonds is 7. The zero-order valence-electron chi connectivity index (χ0n) is 24.0. The average Bonchev–Trinajstić information content (AvgIpc) is 3.01. The van der Waals surface area contributed by atoms with E-state index in [0.29, 0.717) is 0 Å². The first-order valence-electron chi connectivity index (χ1n) is 14.3. The monoisotopic (exact) mass is 533 g/mol. The van der Waals surface area contributed by atoms with Crippen LogP contribution < -0.4 is 0 Å². The summed E-state index contributed by atoms with van der Waals surface area (Å²) in [5.74, 6) is 1.69. The summed E-state index contributed by atoms with van der Waals surface area (Å²) in [5.41, 5.74) is 11.3. The second kappa shape index (κ2) is 11.8. The van der Waals surface area contributed by atoms with Gasteiger partial charge < -0.3 is 4.90 Å². The third-order valence-corrected chi connectivity index (χ3v) is 7.96. The Morgan fingerprint density at radius 3 is 1.95 bits per heavy atom. The topological polar surface area (TPSA) is 28.0 Å². The van der Waals surface area contributed by atoms with E-state index in [1.807, 2.05) is 12.1 Å². The molecule has 0 spiro atoms. The fourth-order valence-corrected chi connectivity index (χ4v) is 5.49. The van der Waals surface area contributed by atoms with E-state index in [1.54, 1.807) is 0 Å². The third kappa shape index (κ3) is 5.90. The lowest BCUT2D eigenvalue weighted by Crippen LogP contribution is -2.35. The van der Waals surface area contributed by atoms with E-state index < -0.39 is 0 Å². The molecular formula is C38H35N3. The minimum Gasteiger partial charge on any atom is -0.333 e. The summed E-state index contributed by atoms with van der Waals surface area (Å²) in [4.78, 5) is 12.3. The maximum atomic E-state index is 5.12. The normalized spacial score (nSPS) is 14.9. The summed E-state index contributed by atoms with van der Waals surface area (Å²) in [6.07, 6.45) is 1.71. The predicted octanol–water partition coefficient (Wildman–Crippen LogP) is 8.32. The zero-order chi connectivity index (χ0) is 28.2. The minimum absolute atomic E-state index is 0.141. The van der Waals surface area contributed by atoms with Gasteiger partial charge in [-0.3, -0.25) is 0 Å². The van der Waals surface area contributed by atoms with Crippen LogP contribution in [0.25, 0.3) is 0 Å². The van der Waals surface area contributed by atoms with E-state index in [4.69, 9.17) is 9.98 Å². The molecule has 3 heteroatoms. The van der Waals surface area contributed by atoms with Crippen LogP contribution in [0.4, 0.5) is 0 Å². The van der Waals surface area contributed by atoms with Crippen LogP contribution in [-0.4, -0.2) is 23.6 Å². The summed E-state index contributed by atoms with van der Waals surface area (Å²) in [7, 11) is 2.07. The Morgan fingerprint density at radius 1 is 0.585 bits per heavy atom. The lowest BCUT2D eigenvalue weighted by molar-refractivity contribution is 0.383. The molecule has 0 aromatic heterocycles. The first kappa shape index (κ1) is 26.5. The van der Waals surface area contributed by atoms with Gasteiger partial charge in [-0.05, 0) is 65.6 Å². The third-order valence-electron chi connectivity index (χ3n) is 7.96. The van der Waals surface area contributed by atoms with E-state index in [1.165, 1.54) is 33.4 Å². The van der Waals surface area contributed by atoms with Crippen LogP contribution in [0.5, 0.6) is 0 Å². The van der Waals surface area contributed by atoms with E-state index >= 15 is 0 Å². The van der Waals surface area contributed by atoms with Gasteiger partial charge in [0.05, 0.1) is 0 Å². The zero-order valence-corrected chi connectivity index (χ0v) is 24.0. The fourth-order valence-electron chi connectivity index (χ4n) is 5.49. The number of hydrogen-bond donors (Lipinski definition) is 0. The largest absolute Gasteiger partial charge is 0.333 e. The minimum atomic E-state index is -0.141. The highest BCUT2D eigenvalue weighted by Gasteiger charge is 2.26.